The molecule has 2 aromatic rings. The van der Waals surface area contributed by atoms with Gasteiger partial charge in [0.1, 0.15) is 11.5 Å². The zero-order valence-corrected chi connectivity index (χ0v) is 24.6. The van der Waals surface area contributed by atoms with Crippen LogP contribution in [0.25, 0.3) is 0 Å². The van der Waals surface area contributed by atoms with Crippen LogP contribution in [0.2, 0.25) is 0 Å². The Morgan fingerprint density at radius 1 is 0.528 bits per heavy atom. The maximum Gasteiger partial charge on any atom is 0.153 e. The number of carbonyl (C=O) groups excluding carboxylic acids is 2. The minimum Gasteiger partial charge on any atom is -0.507 e. The lowest BCUT2D eigenvalue weighted by Crippen LogP contribution is -2.17. The number of rotatable bonds is 2. The fourth-order valence-electron chi connectivity index (χ4n) is 3.50. The van der Waals surface area contributed by atoms with Crippen LogP contribution in [0.4, 0.5) is 0 Å². The molecular formula is C32H48O4. The number of hydrogen-bond acceptors (Lipinski definition) is 4. The zero-order valence-electron chi connectivity index (χ0n) is 24.6. The molecule has 0 heterocycles. The summed E-state index contributed by atoms with van der Waals surface area (Å²) in [5.41, 5.74) is 4.12. The highest BCUT2D eigenvalue weighted by atomic mass is 16.3. The largest absolute Gasteiger partial charge is 0.507 e. The Balaban J connectivity index is 0.000000637. The lowest BCUT2D eigenvalue weighted by Gasteiger charge is -2.26. The van der Waals surface area contributed by atoms with E-state index in [1.165, 1.54) is 0 Å². The maximum atomic E-state index is 11.0. The number of hydrogen-bond donors (Lipinski definition) is 2. The molecule has 0 fully saturated rings. The van der Waals surface area contributed by atoms with Gasteiger partial charge in [0.15, 0.2) is 12.6 Å². The number of benzene rings is 2. The van der Waals surface area contributed by atoms with Crippen LogP contribution in [0, 0.1) is 0 Å². The van der Waals surface area contributed by atoms with Gasteiger partial charge in [-0.25, -0.2) is 0 Å². The highest BCUT2D eigenvalue weighted by Crippen LogP contribution is 2.38. The Hall–Kier alpha value is -2.88. The minimum absolute atomic E-state index is 0.0362. The van der Waals surface area contributed by atoms with Crippen LogP contribution < -0.4 is 0 Å². The summed E-state index contributed by atoms with van der Waals surface area (Å²) in [5, 5.41) is 20.2. The summed E-state index contributed by atoms with van der Waals surface area (Å²) in [6, 6.07) is 7.56. The van der Waals surface area contributed by atoms with Crippen molar-refractivity contribution in [1.82, 2.24) is 0 Å². The number of aromatic hydroxyl groups is 2. The maximum absolute atomic E-state index is 11.0. The van der Waals surface area contributed by atoms with Gasteiger partial charge in [0.25, 0.3) is 0 Å². The lowest BCUT2D eigenvalue weighted by molar-refractivity contribution is 0.111. The van der Waals surface area contributed by atoms with Crippen LogP contribution in [0.5, 0.6) is 11.5 Å². The molecule has 2 N–H and O–H groups in total. The van der Waals surface area contributed by atoms with Gasteiger partial charge in [-0.2, -0.15) is 0 Å². The molecule has 4 nitrogen and oxygen atoms in total. The number of phenolic OH excluding ortho intramolecular Hbond substituents is 2. The number of aldehydes is 2. The second kappa shape index (κ2) is 11.9. The lowest BCUT2D eigenvalue weighted by atomic mass is 9.79. The summed E-state index contributed by atoms with van der Waals surface area (Å²) in [7, 11) is 0. The molecule has 0 unspecified atom stereocenters. The average molecular weight is 497 g/mol. The van der Waals surface area contributed by atoms with Crippen molar-refractivity contribution in [3.8, 4) is 11.5 Å². The van der Waals surface area contributed by atoms with Crippen molar-refractivity contribution >= 4 is 12.6 Å². The molecule has 0 saturated heterocycles. The fourth-order valence-corrected chi connectivity index (χ4v) is 3.50. The highest BCUT2D eigenvalue weighted by molar-refractivity contribution is 5.81. The molecule has 0 atom stereocenters. The average Bonchev–Trinajstić information content (AvgIpc) is 2.72. The molecule has 4 heteroatoms. The Bertz CT molecular complexity index is 965. The molecule has 0 bridgehead atoms. The number of carbonyl (C=O) groups is 2. The van der Waals surface area contributed by atoms with Crippen LogP contribution in [0.15, 0.2) is 37.4 Å². The van der Waals surface area contributed by atoms with E-state index in [2.05, 4.69) is 54.7 Å². The van der Waals surface area contributed by atoms with Gasteiger partial charge in [0.05, 0.1) is 11.1 Å². The van der Waals surface area contributed by atoms with E-state index in [9.17, 15) is 19.8 Å². The predicted molar refractivity (Wildman–Crippen MR) is 153 cm³/mol. The van der Waals surface area contributed by atoms with Gasteiger partial charge in [0.2, 0.25) is 0 Å². The van der Waals surface area contributed by atoms with Crippen molar-refractivity contribution in [2.75, 3.05) is 0 Å². The van der Waals surface area contributed by atoms with Gasteiger partial charge >= 0.3 is 0 Å². The molecule has 0 spiro atoms. The van der Waals surface area contributed by atoms with Crippen LogP contribution in [-0.2, 0) is 21.7 Å². The van der Waals surface area contributed by atoms with E-state index in [-0.39, 0.29) is 33.2 Å². The van der Waals surface area contributed by atoms with Gasteiger partial charge in [-0.3, -0.25) is 9.59 Å². The van der Waals surface area contributed by atoms with E-state index in [0.717, 1.165) is 34.8 Å². The number of phenols is 2. The van der Waals surface area contributed by atoms with Crippen molar-refractivity contribution in [2.24, 2.45) is 0 Å². The van der Waals surface area contributed by atoms with Crippen LogP contribution in [-0.4, -0.2) is 22.8 Å². The third-order valence-electron chi connectivity index (χ3n) is 5.88. The Kier molecular flexibility index (Phi) is 11.0. The Morgan fingerprint density at radius 2 is 0.778 bits per heavy atom. The molecular weight excluding hydrogens is 448 g/mol. The summed E-state index contributed by atoms with van der Waals surface area (Å²) in [4.78, 5) is 22.1. The highest BCUT2D eigenvalue weighted by Gasteiger charge is 2.25. The van der Waals surface area contributed by atoms with Crippen LogP contribution in [0.3, 0.4) is 0 Å². The molecule has 0 aliphatic rings. The van der Waals surface area contributed by atoms with Crippen molar-refractivity contribution in [3.05, 3.63) is 70.8 Å². The Labute approximate surface area is 219 Å². The second-order valence-electron chi connectivity index (χ2n) is 13.2. The molecule has 0 aliphatic heterocycles. The van der Waals surface area contributed by atoms with E-state index in [1.54, 1.807) is 12.1 Å². The first-order valence-corrected chi connectivity index (χ1v) is 12.3. The Morgan fingerprint density at radius 3 is 0.944 bits per heavy atom. The monoisotopic (exact) mass is 496 g/mol. The van der Waals surface area contributed by atoms with Gasteiger partial charge in [-0.1, -0.05) is 95.2 Å². The van der Waals surface area contributed by atoms with Gasteiger partial charge in [0, 0.05) is 11.1 Å². The smallest absolute Gasteiger partial charge is 0.153 e. The third kappa shape index (κ3) is 8.65. The molecule has 0 aliphatic carbocycles. The molecule has 2 aromatic carbocycles. The second-order valence-corrected chi connectivity index (χ2v) is 13.2. The topological polar surface area (TPSA) is 74.6 Å². The van der Waals surface area contributed by atoms with E-state index < -0.39 is 0 Å². The fraction of sp³-hybridized carbons (Fsp3) is 0.500. The molecule has 0 amide bonds. The molecule has 0 aromatic heterocycles. The van der Waals surface area contributed by atoms with Crippen LogP contribution >= 0.6 is 0 Å². The SMILES string of the molecule is C=C.CC(C)(C)c1cc(C=O)c(O)c(C(C)(C)C)c1.CC(C)(C)c1cc(C=O)c(O)c(C(C)(C)C)c1. The van der Waals surface area contributed by atoms with Crippen molar-refractivity contribution in [2.45, 2.75) is 105 Å². The summed E-state index contributed by atoms with van der Waals surface area (Å²) < 4.78 is 0. The molecule has 36 heavy (non-hydrogen) atoms. The summed E-state index contributed by atoms with van der Waals surface area (Å²) in [6.07, 6.45) is 1.44. The third-order valence-corrected chi connectivity index (χ3v) is 5.88. The predicted octanol–water partition coefficient (Wildman–Crippen LogP) is 8.40. The van der Waals surface area contributed by atoms with E-state index in [1.807, 2.05) is 53.7 Å². The molecule has 2 rings (SSSR count). The zero-order chi connectivity index (χ0) is 28.9. The van der Waals surface area contributed by atoms with Gasteiger partial charge < -0.3 is 10.2 Å². The first-order valence-electron chi connectivity index (χ1n) is 12.3. The van der Waals surface area contributed by atoms with E-state index >= 15 is 0 Å². The van der Waals surface area contributed by atoms with Crippen molar-refractivity contribution in [3.63, 3.8) is 0 Å². The normalized spacial score (nSPS) is 12.0. The van der Waals surface area contributed by atoms with E-state index in [4.69, 9.17) is 0 Å². The van der Waals surface area contributed by atoms with Gasteiger partial charge in [-0.05, 0) is 44.9 Å². The summed E-state index contributed by atoms with van der Waals surface area (Å²) >= 11 is 0. The van der Waals surface area contributed by atoms with E-state index in [0.29, 0.717) is 11.1 Å². The minimum atomic E-state index is -0.177. The standard InChI is InChI=1S/2C15H22O2.C2H4/c2*1-14(2,3)11-7-10(9-16)13(17)12(8-11)15(4,5)6;1-2/h2*7-9,17H,1-6H3;1-2H2. The van der Waals surface area contributed by atoms with Crippen molar-refractivity contribution in [1.29, 1.82) is 0 Å². The van der Waals surface area contributed by atoms with Crippen LogP contribution in [0.1, 0.15) is 126 Å². The molecule has 0 saturated carbocycles. The summed E-state index contributed by atoms with van der Waals surface area (Å²) in [5.74, 6) is 0.223. The first-order chi connectivity index (χ1) is 16.1. The van der Waals surface area contributed by atoms with Gasteiger partial charge in [-0.15, -0.1) is 13.2 Å². The quantitative estimate of drug-likeness (QED) is 0.323. The molecule has 200 valence electrons. The first kappa shape index (κ1) is 33.1. The summed E-state index contributed by atoms with van der Waals surface area (Å²) in [6.45, 7) is 30.8. The van der Waals surface area contributed by atoms with Crippen molar-refractivity contribution < 1.29 is 19.8 Å². The molecule has 0 radical (unpaired) electrons.